The SMILES string of the molecule is COCC(N)CN(C)c1nccc(C(F)(F)F)n1. The molecule has 0 saturated heterocycles. The molecule has 1 unspecified atom stereocenters. The summed E-state index contributed by atoms with van der Waals surface area (Å²) in [6.07, 6.45) is -3.41. The average Bonchev–Trinajstić information content (AvgIpc) is 2.28. The fourth-order valence-corrected chi connectivity index (χ4v) is 1.39. The number of methoxy groups -OCH3 is 1. The molecule has 0 aliphatic heterocycles. The summed E-state index contributed by atoms with van der Waals surface area (Å²) in [5.74, 6) is -0.0172. The number of hydrogen-bond donors (Lipinski definition) is 1. The summed E-state index contributed by atoms with van der Waals surface area (Å²) in [7, 11) is 3.08. The van der Waals surface area contributed by atoms with Crippen molar-refractivity contribution in [1.29, 1.82) is 0 Å². The van der Waals surface area contributed by atoms with Gasteiger partial charge in [0.1, 0.15) is 5.69 Å². The molecule has 0 fully saturated rings. The topological polar surface area (TPSA) is 64.3 Å². The molecule has 0 aliphatic carbocycles. The van der Waals surface area contributed by atoms with Gasteiger partial charge in [0.05, 0.1) is 6.61 Å². The van der Waals surface area contributed by atoms with E-state index in [-0.39, 0.29) is 12.0 Å². The summed E-state index contributed by atoms with van der Waals surface area (Å²) in [6.45, 7) is 0.610. The maximum Gasteiger partial charge on any atom is 0.433 e. The zero-order chi connectivity index (χ0) is 13.8. The van der Waals surface area contributed by atoms with Crippen molar-refractivity contribution >= 4 is 5.95 Å². The third-order valence-corrected chi connectivity index (χ3v) is 2.16. The monoisotopic (exact) mass is 264 g/mol. The smallest absolute Gasteiger partial charge is 0.383 e. The molecule has 102 valence electrons. The van der Waals surface area contributed by atoms with Gasteiger partial charge in [0.15, 0.2) is 0 Å². The molecule has 0 aromatic carbocycles. The minimum Gasteiger partial charge on any atom is -0.383 e. The molecule has 1 atom stereocenters. The van der Waals surface area contributed by atoms with E-state index in [0.717, 1.165) is 12.3 Å². The number of nitrogens with zero attached hydrogens (tertiary/aromatic N) is 3. The number of ether oxygens (including phenoxy) is 1. The number of hydrogen-bond acceptors (Lipinski definition) is 5. The third kappa shape index (κ3) is 4.11. The highest BCUT2D eigenvalue weighted by Crippen LogP contribution is 2.27. The van der Waals surface area contributed by atoms with Gasteiger partial charge in [-0.1, -0.05) is 0 Å². The Morgan fingerprint density at radius 1 is 1.50 bits per heavy atom. The summed E-state index contributed by atoms with van der Waals surface area (Å²) < 4.78 is 42.2. The Bertz CT molecular complexity index is 386. The molecule has 1 aromatic heterocycles. The van der Waals surface area contributed by atoms with Crippen LogP contribution in [0.3, 0.4) is 0 Å². The van der Waals surface area contributed by atoms with Crippen LogP contribution in [0.2, 0.25) is 0 Å². The van der Waals surface area contributed by atoms with Crippen molar-refractivity contribution in [2.75, 3.05) is 32.2 Å². The Hall–Kier alpha value is -1.41. The second-order valence-corrected chi connectivity index (χ2v) is 3.84. The van der Waals surface area contributed by atoms with E-state index in [1.165, 1.54) is 12.0 Å². The number of likely N-dealkylation sites (N-methyl/N-ethyl adjacent to an activating group) is 1. The third-order valence-electron chi connectivity index (χ3n) is 2.16. The summed E-state index contributed by atoms with van der Waals surface area (Å²) in [4.78, 5) is 8.69. The highest BCUT2D eigenvalue weighted by Gasteiger charge is 2.33. The molecule has 18 heavy (non-hydrogen) atoms. The number of nitrogens with two attached hydrogens (primary N) is 1. The maximum atomic E-state index is 12.5. The number of aromatic nitrogens is 2. The first-order chi connectivity index (χ1) is 8.34. The van der Waals surface area contributed by atoms with Gasteiger partial charge >= 0.3 is 6.18 Å². The quantitative estimate of drug-likeness (QED) is 0.856. The zero-order valence-electron chi connectivity index (χ0n) is 10.1. The van der Waals surface area contributed by atoms with Crippen LogP contribution in [-0.2, 0) is 10.9 Å². The van der Waals surface area contributed by atoms with Crippen LogP contribution in [0.4, 0.5) is 19.1 Å². The van der Waals surface area contributed by atoms with Crippen molar-refractivity contribution in [2.45, 2.75) is 12.2 Å². The predicted octanol–water partition coefficient (Wildman–Crippen LogP) is 0.905. The Morgan fingerprint density at radius 3 is 2.72 bits per heavy atom. The lowest BCUT2D eigenvalue weighted by Gasteiger charge is -2.21. The van der Waals surface area contributed by atoms with Gasteiger partial charge in [-0.15, -0.1) is 0 Å². The minimum atomic E-state index is -4.48. The molecule has 5 nitrogen and oxygen atoms in total. The summed E-state index contributed by atoms with van der Waals surface area (Å²) in [5.41, 5.74) is 4.73. The Kier molecular flexibility index (Phi) is 4.85. The summed E-state index contributed by atoms with van der Waals surface area (Å²) >= 11 is 0. The van der Waals surface area contributed by atoms with E-state index in [1.807, 2.05) is 0 Å². The van der Waals surface area contributed by atoms with E-state index in [4.69, 9.17) is 10.5 Å². The molecule has 1 rings (SSSR count). The standard InChI is InChI=1S/C10H15F3N4O/c1-17(5-7(14)6-18-2)9-15-4-3-8(16-9)10(11,12)13/h3-4,7H,5-6,14H2,1-2H3. The second kappa shape index (κ2) is 5.96. The van der Waals surface area contributed by atoms with E-state index in [1.54, 1.807) is 7.05 Å². The summed E-state index contributed by atoms with van der Waals surface area (Å²) in [6, 6.07) is 0.505. The first kappa shape index (κ1) is 14.7. The van der Waals surface area contributed by atoms with Crippen LogP contribution in [0, 0.1) is 0 Å². The van der Waals surface area contributed by atoms with Crippen molar-refractivity contribution in [3.63, 3.8) is 0 Å². The van der Waals surface area contributed by atoms with Gasteiger partial charge in [-0.05, 0) is 6.07 Å². The molecule has 0 amide bonds. The summed E-state index contributed by atoms with van der Waals surface area (Å²) in [5, 5.41) is 0. The largest absolute Gasteiger partial charge is 0.433 e. The molecule has 0 bridgehead atoms. The van der Waals surface area contributed by atoms with E-state index in [2.05, 4.69) is 9.97 Å². The van der Waals surface area contributed by atoms with Crippen LogP contribution in [-0.4, -0.2) is 43.3 Å². The lowest BCUT2D eigenvalue weighted by Crippen LogP contribution is -2.39. The first-order valence-electron chi connectivity index (χ1n) is 5.20. The normalized spacial score (nSPS) is 13.4. The van der Waals surface area contributed by atoms with Crippen molar-refractivity contribution < 1.29 is 17.9 Å². The van der Waals surface area contributed by atoms with Crippen molar-refractivity contribution in [3.8, 4) is 0 Å². The number of rotatable bonds is 5. The van der Waals surface area contributed by atoms with Gasteiger partial charge in [-0.25, -0.2) is 9.97 Å². The molecule has 1 heterocycles. The van der Waals surface area contributed by atoms with Gasteiger partial charge in [0.25, 0.3) is 0 Å². The first-order valence-corrected chi connectivity index (χ1v) is 5.20. The van der Waals surface area contributed by atoms with Crippen LogP contribution in [0.25, 0.3) is 0 Å². The average molecular weight is 264 g/mol. The van der Waals surface area contributed by atoms with Crippen LogP contribution < -0.4 is 10.6 Å². The Balaban J connectivity index is 2.77. The molecular weight excluding hydrogens is 249 g/mol. The van der Waals surface area contributed by atoms with Crippen molar-refractivity contribution in [1.82, 2.24) is 9.97 Å². The van der Waals surface area contributed by atoms with E-state index in [9.17, 15) is 13.2 Å². The lowest BCUT2D eigenvalue weighted by molar-refractivity contribution is -0.141. The Morgan fingerprint density at radius 2 is 2.17 bits per heavy atom. The van der Waals surface area contributed by atoms with Crippen LogP contribution in [0.5, 0.6) is 0 Å². The van der Waals surface area contributed by atoms with Gasteiger partial charge in [-0.3, -0.25) is 0 Å². The van der Waals surface area contributed by atoms with Crippen molar-refractivity contribution in [3.05, 3.63) is 18.0 Å². The highest BCUT2D eigenvalue weighted by atomic mass is 19.4. The molecular formula is C10H15F3N4O. The fourth-order valence-electron chi connectivity index (χ4n) is 1.39. The van der Waals surface area contributed by atoms with E-state index >= 15 is 0 Å². The molecule has 0 radical (unpaired) electrons. The van der Waals surface area contributed by atoms with E-state index < -0.39 is 11.9 Å². The molecule has 0 spiro atoms. The van der Waals surface area contributed by atoms with E-state index in [0.29, 0.717) is 13.2 Å². The molecule has 2 N–H and O–H groups in total. The Labute approximate surface area is 103 Å². The fraction of sp³-hybridized carbons (Fsp3) is 0.600. The molecule has 0 saturated carbocycles. The number of alkyl halides is 3. The van der Waals surface area contributed by atoms with Crippen LogP contribution in [0.1, 0.15) is 5.69 Å². The van der Waals surface area contributed by atoms with Crippen molar-refractivity contribution in [2.24, 2.45) is 5.73 Å². The second-order valence-electron chi connectivity index (χ2n) is 3.84. The van der Waals surface area contributed by atoms with Gasteiger partial charge < -0.3 is 15.4 Å². The minimum absolute atomic E-state index is 0.0172. The van der Waals surface area contributed by atoms with Gasteiger partial charge in [-0.2, -0.15) is 13.2 Å². The van der Waals surface area contributed by atoms with Gasteiger partial charge in [0, 0.05) is 32.9 Å². The number of halogens is 3. The molecule has 8 heteroatoms. The lowest BCUT2D eigenvalue weighted by atomic mass is 10.3. The van der Waals surface area contributed by atoms with Gasteiger partial charge in [0.2, 0.25) is 5.95 Å². The zero-order valence-corrected chi connectivity index (χ0v) is 10.1. The predicted molar refractivity (Wildman–Crippen MR) is 60.2 cm³/mol. The maximum absolute atomic E-state index is 12.5. The highest BCUT2D eigenvalue weighted by molar-refractivity contribution is 5.29. The molecule has 1 aromatic rings. The number of anilines is 1. The van der Waals surface area contributed by atoms with Crippen LogP contribution >= 0.6 is 0 Å². The van der Waals surface area contributed by atoms with Crippen LogP contribution in [0.15, 0.2) is 12.3 Å². The molecule has 0 aliphatic rings.